The summed E-state index contributed by atoms with van der Waals surface area (Å²) < 4.78 is 26.8. The van der Waals surface area contributed by atoms with E-state index in [9.17, 15) is 9.18 Å². The van der Waals surface area contributed by atoms with E-state index in [0.29, 0.717) is 53.4 Å². The molecule has 0 bridgehead atoms. The molecule has 33 heavy (non-hydrogen) atoms. The molecule has 2 aliphatic rings. The van der Waals surface area contributed by atoms with Gasteiger partial charge in [-0.1, -0.05) is 0 Å². The molecule has 0 saturated heterocycles. The first-order valence-electron chi connectivity index (χ1n) is 10.4. The number of benzene rings is 1. The van der Waals surface area contributed by atoms with E-state index >= 15 is 0 Å². The number of fused-ring (bicyclic) bond motifs is 2. The van der Waals surface area contributed by atoms with Crippen molar-refractivity contribution in [3.05, 3.63) is 30.2 Å². The smallest absolute Gasteiger partial charge is 0.319 e. The summed E-state index contributed by atoms with van der Waals surface area (Å²) in [4.78, 5) is 16.9. The number of carbonyl (C=O) groups is 1. The van der Waals surface area contributed by atoms with Crippen LogP contribution in [0.5, 0.6) is 11.5 Å². The maximum absolute atomic E-state index is 14.1. The molecular weight excluding hydrogens is 431 g/mol. The van der Waals surface area contributed by atoms with Crippen LogP contribution in [0.25, 0.3) is 5.65 Å². The fourth-order valence-corrected chi connectivity index (χ4v) is 3.54. The maximum atomic E-state index is 14.1. The molecule has 0 spiro atoms. The van der Waals surface area contributed by atoms with Crippen LogP contribution in [-0.2, 0) is 0 Å². The molecule has 1 aliphatic carbocycles. The summed E-state index contributed by atoms with van der Waals surface area (Å²) >= 11 is 0. The van der Waals surface area contributed by atoms with Gasteiger partial charge in [-0.25, -0.2) is 14.2 Å². The number of rotatable bonds is 6. The number of nitrogens with one attached hydrogen (secondary N) is 4. The van der Waals surface area contributed by atoms with Crippen molar-refractivity contribution in [1.29, 1.82) is 5.26 Å². The molecule has 1 aliphatic heterocycles. The van der Waals surface area contributed by atoms with Crippen molar-refractivity contribution in [2.75, 3.05) is 42.8 Å². The molecule has 5 rings (SSSR count). The minimum absolute atomic E-state index is 0.281. The van der Waals surface area contributed by atoms with E-state index < -0.39 is 17.3 Å². The number of halogens is 1. The molecule has 2 amide bonds. The van der Waals surface area contributed by atoms with Crippen molar-refractivity contribution in [3.63, 3.8) is 0 Å². The third kappa shape index (κ3) is 4.00. The lowest BCUT2D eigenvalue weighted by atomic mass is 10.1. The zero-order chi connectivity index (χ0) is 23.0. The van der Waals surface area contributed by atoms with Crippen molar-refractivity contribution in [2.45, 2.75) is 12.8 Å². The second-order valence-corrected chi connectivity index (χ2v) is 7.87. The van der Waals surface area contributed by atoms with Gasteiger partial charge in [0.05, 0.1) is 23.4 Å². The van der Waals surface area contributed by atoms with Crippen LogP contribution in [0.2, 0.25) is 0 Å². The summed E-state index contributed by atoms with van der Waals surface area (Å²) in [6.07, 6.45) is 3.03. The van der Waals surface area contributed by atoms with Crippen molar-refractivity contribution in [2.24, 2.45) is 5.41 Å². The van der Waals surface area contributed by atoms with Gasteiger partial charge in [0.25, 0.3) is 0 Å². The number of nitriles is 1. The van der Waals surface area contributed by atoms with Crippen LogP contribution in [0.15, 0.2) is 24.4 Å². The zero-order valence-corrected chi connectivity index (χ0v) is 17.7. The van der Waals surface area contributed by atoms with Crippen molar-refractivity contribution in [3.8, 4) is 17.6 Å². The Morgan fingerprint density at radius 3 is 2.85 bits per heavy atom. The van der Waals surface area contributed by atoms with E-state index in [1.165, 1.54) is 22.8 Å². The van der Waals surface area contributed by atoms with Gasteiger partial charge < -0.3 is 30.7 Å². The lowest BCUT2D eigenvalue weighted by Crippen LogP contribution is -2.33. The number of nitrogens with zero attached hydrogens (tertiary/aromatic N) is 4. The number of amides is 2. The Morgan fingerprint density at radius 2 is 2.09 bits per heavy atom. The third-order valence-corrected chi connectivity index (χ3v) is 5.52. The predicted molar refractivity (Wildman–Crippen MR) is 118 cm³/mol. The van der Waals surface area contributed by atoms with Gasteiger partial charge >= 0.3 is 6.03 Å². The Balaban J connectivity index is 1.42. The summed E-state index contributed by atoms with van der Waals surface area (Å²) in [5, 5.41) is 25.0. The van der Waals surface area contributed by atoms with Crippen LogP contribution < -0.4 is 30.7 Å². The molecule has 2 aromatic heterocycles. The van der Waals surface area contributed by atoms with E-state index in [-0.39, 0.29) is 6.54 Å². The highest BCUT2D eigenvalue weighted by Crippen LogP contribution is 2.44. The molecule has 0 radical (unpaired) electrons. The molecule has 1 aromatic carbocycles. The van der Waals surface area contributed by atoms with Gasteiger partial charge in [-0.15, -0.1) is 0 Å². The van der Waals surface area contributed by atoms with E-state index in [1.807, 2.05) is 0 Å². The van der Waals surface area contributed by atoms with E-state index in [1.54, 1.807) is 13.1 Å². The molecule has 1 fully saturated rings. The fourth-order valence-electron chi connectivity index (χ4n) is 3.54. The fraction of sp³-hybridized carbons (Fsp3) is 0.333. The summed E-state index contributed by atoms with van der Waals surface area (Å²) in [6, 6.07) is 6.03. The second-order valence-electron chi connectivity index (χ2n) is 7.87. The maximum Gasteiger partial charge on any atom is 0.319 e. The topological polar surface area (TPSA) is 138 Å². The molecule has 3 aromatic rings. The lowest BCUT2D eigenvalue weighted by molar-refractivity contribution is 0.172. The Morgan fingerprint density at radius 1 is 1.27 bits per heavy atom. The van der Waals surface area contributed by atoms with Gasteiger partial charge in [0.2, 0.25) is 0 Å². The average molecular weight is 452 g/mol. The quantitative estimate of drug-likeness (QED) is 0.448. The highest BCUT2D eigenvalue weighted by molar-refractivity contribution is 5.93. The minimum atomic E-state index is -0.481. The third-order valence-electron chi connectivity index (χ3n) is 5.52. The molecule has 0 atom stereocenters. The van der Waals surface area contributed by atoms with Crippen LogP contribution in [0, 0.1) is 22.6 Å². The number of aromatic nitrogens is 3. The zero-order valence-electron chi connectivity index (χ0n) is 17.7. The molecule has 4 N–H and O–H groups in total. The Hall–Kier alpha value is -4.27. The normalized spacial score (nSPS) is 15.4. The van der Waals surface area contributed by atoms with Gasteiger partial charge in [-0.05, 0) is 12.8 Å². The number of hydrogen-bond donors (Lipinski definition) is 4. The number of urea groups is 1. The Bertz CT molecular complexity index is 1280. The minimum Gasteiger partial charge on any atom is -0.486 e. The molecular formula is C21H21FN8O3. The Labute approximate surface area is 187 Å². The molecule has 3 heterocycles. The standard InChI is InChI=1S/C21H21FN8O3/c1-24-17-8-16(27-13-6-12(22)7-15-18(13)33-5-4-32-15)29-19-14(9-26-30(17)19)28-20(31)25-11-21(10-23)2-3-21/h6-9,24H,2-5,11H2,1H3,(H,27,29)(H2,25,28,31). The Kier molecular flexibility index (Phi) is 5.01. The SMILES string of the molecule is CNc1cc(Nc2cc(F)cc3c2OCCO3)nc2c(NC(=O)NCC3(C#N)CC3)cnn12. The number of anilines is 4. The van der Waals surface area contributed by atoms with Gasteiger partial charge in [0.1, 0.15) is 36.4 Å². The van der Waals surface area contributed by atoms with Crippen molar-refractivity contribution < 1.29 is 18.7 Å². The summed E-state index contributed by atoms with van der Waals surface area (Å²) in [7, 11) is 1.72. The van der Waals surface area contributed by atoms with Gasteiger partial charge in [-0.3, -0.25) is 0 Å². The largest absolute Gasteiger partial charge is 0.486 e. The van der Waals surface area contributed by atoms with Crippen LogP contribution in [-0.4, -0.2) is 47.4 Å². The first-order chi connectivity index (χ1) is 16.0. The van der Waals surface area contributed by atoms with Crippen molar-refractivity contribution >= 4 is 34.7 Å². The first-order valence-corrected chi connectivity index (χ1v) is 10.4. The second kappa shape index (κ2) is 8.01. The monoisotopic (exact) mass is 452 g/mol. The van der Waals surface area contributed by atoms with E-state index in [2.05, 4.69) is 37.4 Å². The predicted octanol–water partition coefficient (Wildman–Crippen LogP) is 2.85. The van der Waals surface area contributed by atoms with E-state index in [0.717, 1.165) is 12.8 Å². The summed E-state index contributed by atoms with van der Waals surface area (Å²) in [5.74, 6) is 1.19. The molecule has 11 nitrogen and oxygen atoms in total. The van der Waals surface area contributed by atoms with Crippen LogP contribution in [0.4, 0.5) is 32.2 Å². The van der Waals surface area contributed by atoms with Crippen LogP contribution in [0.3, 0.4) is 0 Å². The molecule has 170 valence electrons. The van der Waals surface area contributed by atoms with Crippen LogP contribution in [0.1, 0.15) is 12.8 Å². The van der Waals surface area contributed by atoms with Gasteiger partial charge in [-0.2, -0.15) is 14.9 Å². The van der Waals surface area contributed by atoms with Crippen LogP contribution >= 0.6 is 0 Å². The van der Waals surface area contributed by atoms with E-state index in [4.69, 9.17) is 14.7 Å². The van der Waals surface area contributed by atoms with Gasteiger partial charge in [0.15, 0.2) is 17.1 Å². The van der Waals surface area contributed by atoms with Crippen molar-refractivity contribution in [1.82, 2.24) is 19.9 Å². The molecule has 0 unspecified atom stereocenters. The lowest BCUT2D eigenvalue weighted by Gasteiger charge is -2.21. The number of hydrogen-bond acceptors (Lipinski definition) is 8. The number of carbonyl (C=O) groups excluding carboxylic acids is 1. The average Bonchev–Trinajstić information content (AvgIpc) is 3.51. The molecule has 1 saturated carbocycles. The first kappa shape index (κ1) is 20.6. The number of ether oxygens (including phenoxy) is 2. The van der Waals surface area contributed by atoms with Gasteiger partial charge in [0, 0.05) is 31.8 Å². The summed E-state index contributed by atoms with van der Waals surface area (Å²) in [5.41, 5.74) is 0.642. The molecule has 12 heteroatoms. The summed E-state index contributed by atoms with van der Waals surface area (Å²) in [6.45, 7) is 0.968. The highest BCUT2D eigenvalue weighted by atomic mass is 19.1. The highest BCUT2D eigenvalue weighted by Gasteiger charge is 2.43.